The van der Waals surface area contributed by atoms with Crippen LogP contribution < -0.4 is 5.32 Å². The van der Waals surface area contributed by atoms with Crippen LogP contribution >= 0.6 is 23.2 Å². The summed E-state index contributed by atoms with van der Waals surface area (Å²) < 4.78 is 5.66. The standard InChI is InChI=1S/C19H12Cl2N2O4/c20-16-6-2-5-15(19(16)21)17-9-7-14(27-17)8-10-18(24)22-12-3-1-4-13(11-12)23(25)26/h1-11H,(H,22,24). The Kier molecular flexibility index (Phi) is 5.59. The first-order chi connectivity index (χ1) is 12.9. The van der Waals surface area contributed by atoms with Crippen molar-refractivity contribution in [1.82, 2.24) is 0 Å². The Morgan fingerprint density at radius 3 is 2.67 bits per heavy atom. The third-order valence-electron chi connectivity index (χ3n) is 3.57. The van der Waals surface area contributed by atoms with Crippen molar-refractivity contribution in [2.45, 2.75) is 0 Å². The Hall–Kier alpha value is -3.09. The highest BCUT2D eigenvalue weighted by atomic mass is 35.5. The highest BCUT2D eigenvalue weighted by molar-refractivity contribution is 6.43. The summed E-state index contributed by atoms with van der Waals surface area (Å²) in [6.45, 7) is 0. The summed E-state index contributed by atoms with van der Waals surface area (Å²) in [5.74, 6) is 0.505. The number of amides is 1. The fourth-order valence-corrected chi connectivity index (χ4v) is 2.71. The molecule has 0 saturated carbocycles. The van der Waals surface area contributed by atoms with Crippen molar-refractivity contribution < 1.29 is 14.1 Å². The zero-order chi connectivity index (χ0) is 19.4. The van der Waals surface area contributed by atoms with Gasteiger partial charge < -0.3 is 9.73 Å². The maximum atomic E-state index is 12.0. The van der Waals surface area contributed by atoms with Crippen LogP contribution in [0.1, 0.15) is 5.76 Å². The Morgan fingerprint density at radius 2 is 1.89 bits per heavy atom. The van der Waals surface area contributed by atoms with Crippen molar-refractivity contribution in [3.05, 3.63) is 86.6 Å². The molecule has 1 amide bonds. The molecular weight excluding hydrogens is 391 g/mol. The molecule has 6 nitrogen and oxygen atoms in total. The van der Waals surface area contributed by atoms with Gasteiger partial charge >= 0.3 is 0 Å². The molecule has 27 heavy (non-hydrogen) atoms. The predicted molar refractivity (Wildman–Crippen MR) is 105 cm³/mol. The summed E-state index contributed by atoms with van der Waals surface area (Å²) in [4.78, 5) is 22.2. The molecule has 1 N–H and O–H groups in total. The van der Waals surface area contributed by atoms with Crippen LogP contribution in [0.3, 0.4) is 0 Å². The Bertz CT molecular complexity index is 1040. The minimum Gasteiger partial charge on any atom is -0.457 e. The molecular formula is C19H12Cl2N2O4. The molecule has 0 aliphatic rings. The van der Waals surface area contributed by atoms with Gasteiger partial charge in [-0.1, -0.05) is 35.3 Å². The van der Waals surface area contributed by atoms with Crippen LogP contribution in [0.2, 0.25) is 10.0 Å². The molecule has 8 heteroatoms. The van der Waals surface area contributed by atoms with Gasteiger partial charge in [0.1, 0.15) is 11.5 Å². The van der Waals surface area contributed by atoms with Crippen LogP contribution in [-0.2, 0) is 4.79 Å². The van der Waals surface area contributed by atoms with E-state index in [2.05, 4.69) is 5.32 Å². The number of non-ortho nitro benzene ring substituents is 1. The minimum atomic E-state index is -0.531. The lowest BCUT2D eigenvalue weighted by Crippen LogP contribution is -2.07. The SMILES string of the molecule is O=C(C=Cc1ccc(-c2cccc(Cl)c2Cl)o1)Nc1cccc([N+](=O)[O-])c1. The number of carbonyl (C=O) groups excluding carboxylic acids is 1. The van der Waals surface area contributed by atoms with Crippen molar-refractivity contribution in [2.75, 3.05) is 5.32 Å². The van der Waals surface area contributed by atoms with Crippen molar-refractivity contribution in [3.8, 4) is 11.3 Å². The van der Waals surface area contributed by atoms with E-state index in [4.69, 9.17) is 27.6 Å². The molecule has 0 spiro atoms. The number of benzene rings is 2. The molecule has 1 aromatic heterocycles. The molecule has 0 saturated heterocycles. The van der Waals surface area contributed by atoms with E-state index >= 15 is 0 Å². The van der Waals surface area contributed by atoms with E-state index in [1.807, 2.05) is 0 Å². The topological polar surface area (TPSA) is 85.4 Å². The van der Waals surface area contributed by atoms with Crippen LogP contribution in [0, 0.1) is 10.1 Å². The molecule has 2 aromatic carbocycles. The highest BCUT2D eigenvalue weighted by Crippen LogP contribution is 2.34. The number of carbonyl (C=O) groups is 1. The summed E-state index contributed by atoms with van der Waals surface area (Å²) in [5.41, 5.74) is 0.861. The molecule has 1 heterocycles. The lowest BCUT2D eigenvalue weighted by Gasteiger charge is -2.02. The van der Waals surface area contributed by atoms with Crippen molar-refractivity contribution >= 4 is 46.6 Å². The average molecular weight is 403 g/mol. The number of nitro benzene ring substituents is 1. The molecule has 136 valence electrons. The van der Waals surface area contributed by atoms with Crippen LogP contribution in [-0.4, -0.2) is 10.8 Å². The van der Waals surface area contributed by atoms with Crippen LogP contribution in [0.25, 0.3) is 17.4 Å². The summed E-state index contributed by atoms with van der Waals surface area (Å²) in [6, 6.07) is 14.3. The van der Waals surface area contributed by atoms with E-state index in [9.17, 15) is 14.9 Å². The summed E-state index contributed by atoms with van der Waals surface area (Å²) in [6.07, 6.45) is 2.75. The molecule has 0 aliphatic carbocycles. The molecule has 0 aliphatic heterocycles. The molecule has 0 fully saturated rings. The second-order valence-electron chi connectivity index (χ2n) is 5.43. The van der Waals surface area contributed by atoms with Gasteiger partial charge in [-0.3, -0.25) is 14.9 Å². The van der Waals surface area contributed by atoms with Crippen LogP contribution in [0.4, 0.5) is 11.4 Å². The van der Waals surface area contributed by atoms with E-state index in [0.29, 0.717) is 32.8 Å². The fourth-order valence-electron chi connectivity index (χ4n) is 2.32. The lowest BCUT2D eigenvalue weighted by atomic mass is 10.2. The molecule has 0 unspecified atom stereocenters. The van der Waals surface area contributed by atoms with E-state index in [1.165, 1.54) is 30.4 Å². The largest absolute Gasteiger partial charge is 0.457 e. The third kappa shape index (κ3) is 4.55. The van der Waals surface area contributed by atoms with Crippen LogP contribution in [0.15, 0.2) is 65.1 Å². The second-order valence-corrected chi connectivity index (χ2v) is 6.22. The first kappa shape index (κ1) is 18.7. The number of hydrogen-bond acceptors (Lipinski definition) is 4. The van der Waals surface area contributed by atoms with E-state index in [0.717, 1.165) is 0 Å². The lowest BCUT2D eigenvalue weighted by molar-refractivity contribution is -0.384. The van der Waals surface area contributed by atoms with Gasteiger partial charge in [-0.2, -0.15) is 0 Å². The Labute approximate surface area is 164 Å². The number of furan rings is 1. The predicted octanol–water partition coefficient (Wildman–Crippen LogP) is 5.81. The molecule has 3 aromatic rings. The van der Waals surface area contributed by atoms with Crippen molar-refractivity contribution in [3.63, 3.8) is 0 Å². The summed E-state index contributed by atoms with van der Waals surface area (Å²) >= 11 is 12.2. The second kappa shape index (κ2) is 8.07. The van der Waals surface area contributed by atoms with Gasteiger partial charge in [-0.05, 0) is 36.4 Å². The molecule has 3 rings (SSSR count). The van der Waals surface area contributed by atoms with Gasteiger partial charge in [0.2, 0.25) is 5.91 Å². The minimum absolute atomic E-state index is 0.106. The number of nitrogens with zero attached hydrogens (tertiary/aromatic N) is 1. The summed E-state index contributed by atoms with van der Waals surface area (Å²) in [7, 11) is 0. The Morgan fingerprint density at radius 1 is 1.11 bits per heavy atom. The Balaban J connectivity index is 1.70. The van der Waals surface area contributed by atoms with Gasteiger partial charge in [-0.15, -0.1) is 0 Å². The van der Waals surface area contributed by atoms with Gasteiger partial charge in [0, 0.05) is 29.5 Å². The first-order valence-corrected chi connectivity index (χ1v) is 8.47. The fraction of sp³-hybridized carbons (Fsp3) is 0. The zero-order valence-corrected chi connectivity index (χ0v) is 15.2. The highest BCUT2D eigenvalue weighted by Gasteiger charge is 2.10. The molecule has 0 radical (unpaired) electrons. The maximum Gasteiger partial charge on any atom is 0.271 e. The summed E-state index contributed by atoms with van der Waals surface area (Å²) in [5, 5.41) is 14.1. The van der Waals surface area contributed by atoms with Crippen molar-refractivity contribution in [2.24, 2.45) is 0 Å². The third-order valence-corrected chi connectivity index (χ3v) is 4.39. The number of nitro groups is 1. The van der Waals surface area contributed by atoms with Gasteiger partial charge in [-0.25, -0.2) is 0 Å². The number of rotatable bonds is 5. The smallest absolute Gasteiger partial charge is 0.271 e. The van der Waals surface area contributed by atoms with Gasteiger partial charge in [0.25, 0.3) is 5.69 Å². The van der Waals surface area contributed by atoms with Gasteiger partial charge in [0.15, 0.2) is 0 Å². The molecule has 0 atom stereocenters. The number of anilines is 1. The number of halogens is 2. The number of nitrogens with one attached hydrogen (secondary N) is 1. The van der Waals surface area contributed by atoms with Crippen molar-refractivity contribution in [1.29, 1.82) is 0 Å². The van der Waals surface area contributed by atoms with E-state index in [-0.39, 0.29) is 5.69 Å². The monoisotopic (exact) mass is 402 g/mol. The molecule has 0 bridgehead atoms. The quantitative estimate of drug-likeness (QED) is 0.331. The first-order valence-electron chi connectivity index (χ1n) is 7.72. The maximum absolute atomic E-state index is 12.0. The van der Waals surface area contributed by atoms with Gasteiger partial charge in [0.05, 0.1) is 15.0 Å². The zero-order valence-electron chi connectivity index (χ0n) is 13.7. The average Bonchev–Trinajstić information content (AvgIpc) is 3.11. The van der Waals surface area contributed by atoms with E-state index < -0.39 is 10.8 Å². The van der Waals surface area contributed by atoms with Crippen LogP contribution in [0.5, 0.6) is 0 Å². The normalized spacial score (nSPS) is 10.9. The van der Waals surface area contributed by atoms with E-state index in [1.54, 1.807) is 36.4 Å². The number of hydrogen-bond donors (Lipinski definition) is 1.